The van der Waals surface area contributed by atoms with Gasteiger partial charge in [0.1, 0.15) is 0 Å². The lowest BCUT2D eigenvalue weighted by molar-refractivity contribution is -0.384. The van der Waals surface area contributed by atoms with Crippen LogP contribution in [0.5, 0.6) is 0 Å². The molecule has 1 atom stereocenters. The van der Waals surface area contributed by atoms with Crippen molar-refractivity contribution in [3.63, 3.8) is 0 Å². The summed E-state index contributed by atoms with van der Waals surface area (Å²) >= 11 is 0. The molecule has 1 amide bonds. The van der Waals surface area contributed by atoms with Crippen molar-refractivity contribution in [2.45, 2.75) is 32.3 Å². The van der Waals surface area contributed by atoms with Gasteiger partial charge in [-0.2, -0.15) is 0 Å². The van der Waals surface area contributed by atoms with E-state index in [4.69, 9.17) is 4.74 Å². The first-order valence-electron chi connectivity index (χ1n) is 10.2. The van der Waals surface area contributed by atoms with Crippen LogP contribution in [0.15, 0.2) is 54.6 Å². The maximum Gasteiger partial charge on any atom is 0.331 e. The van der Waals surface area contributed by atoms with E-state index in [1.54, 1.807) is 0 Å². The van der Waals surface area contributed by atoms with Crippen LogP contribution < -0.4 is 10.2 Å². The summed E-state index contributed by atoms with van der Waals surface area (Å²) in [6.07, 6.45) is 5.33. The van der Waals surface area contributed by atoms with Crippen molar-refractivity contribution in [2.24, 2.45) is 0 Å². The number of benzene rings is 2. The van der Waals surface area contributed by atoms with Crippen LogP contribution in [0.4, 0.5) is 17.1 Å². The van der Waals surface area contributed by atoms with Gasteiger partial charge in [-0.1, -0.05) is 0 Å². The lowest BCUT2D eigenvalue weighted by Gasteiger charge is -2.28. The molecule has 1 heterocycles. The van der Waals surface area contributed by atoms with Gasteiger partial charge < -0.3 is 15.0 Å². The number of hydrogen-bond acceptors (Lipinski definition) is 6. The first-order chi connectivity index (χ1) is 14.9. The van der Waals surface area contributed by atoms with Crippen molar-refractivity contribution in [2.75, 3.05) is 23.3 Å². The van der Waals surface area contributed by atoms with Crippen molar-refractivity contribution in [3.8, 4) is 0 Å². The monoisotopic (exact) mass is 423 g/mol. The van der Waals surface area contributed by atoms with Gasteiger partial charge >= 0.3 is 5.97 Å². The highest BCUT2D eigenvalue weighted by Gasteiger charge is 2.17. The number of hydrogen-bond donors (Lipinski definition) is 1. The van der Waals surface area contributed by atoms with E-state index in [1.807, 2.05) is 24.3 Å². The van der Waals surface area contributed by atoms with E-state index < -0.39 is 22.9 Å². The number of carbonyl (C=O) groups excluding carboxylic acids is 2. The predicted molar refractivity (Wildman–Crippen MR) is 119 cm³/mol. The van der Waals surface area contributed by atoms with Crippen LogP contribution >= 0.6 is 0 Å². The summed E-state index contributed by atoms with van der Waals surface area (Å²) in [5, 5.41) is 13.4. The Hall–Kier alpha value is -3.68. The molecule has 2 aromatic carbocycles. The molecule has 2 aromatic rings. The Morgan fingerprint density at radius 3 is 2.32 bits per heavy atom. The Bertz CT molecular complexity index is 948. The summed E-state index contributed by atoms with van der Waals surface area (Å²) in [6.45, 7) is 3.59. The van der Waals surface area contributed by atoms with Crippen LogP contribution in [-0.2, 0) is 14.3 Å². The molecule has 3 rings (SSSR count). The average Bonchev–Trinajstić information content (AvgIpc) is 2.79. The van der Waals surface area contributed by atoms with Gasteiger partial charge in [0, 0.05) is 42.7 Å². The number of piperidine rings is 1. The smallest absolute Gasteiger partial charge is 0.331 e. The number of non-ortho nitro benzene ring substituents is 1. The third-order valence-corrected chi connectivity index (χ3v) is 5.03. The fraction of sp³-hybridized carbons (Fsp3) is 0.304. The number of nitro groups is 1. The van der Waals surface area contributed by atoms with Crippen LogP contribution in [0, 0.1) is 10.1 Å². The number of anilines is 2. The first-order valence-corrected chi connectivity index (χ1v) is 10.2. The van der Waals surface area contributed by atoms with Gasteiger partial charge in [0.15, 0.2) is 6.10 Å². The number of ether oxygens (including phenoxy) is 1. The number of nitro benzene ring substituents is 1. The molecule has 0 saturated carbocycles. The van der Waals surface area contributed by atoms with Gasteiger partial charge in [-0.3, -0.25) is 14.9 Å². The van der Waals surface area contributed by atoms with Crippen LogP contribution in [0.25, 0.3) is 6.08 Å². The highest BCUT2D eigenvalue weighted by molar-refractivity contribution is 5.96. The van der Waals surface area contributed by atoms with E-state index >= 15 is 0 Å². The van der Waals surface area contributed by atoms with E-state index in [2.05, 4.69) is 10.2 Å². The maximum atomic E-state index is 12.3. The Morgan fingerprint density at radius 2 is 1.71 bits per heavy atom. The fourth-order valence-electron chi connectivity index (χ4n) is 3.29. The molecule has 1 aliphatic heterocycles. The number of esters is 1. The fourth-order valence-corrected chi connectivity index (χ4v) is 3.29. The van der Waals surface area contributed by atoms with Crippen molar-refractivity contribution in [1.29, 1.82) is 0 Å². The normalized spacial score (nSPS) is 14.8. The van der Waals surface area contributed by atoms with Crippen molar-refractivity contribution < 1.29 is 19.2 Å². The van der Waals surface area contributed by atoms with Crippen LogP contribution in [0.2, 0.25) is 0 Å². The minimum absolute atomic E-state index is 0.0334. The second kappa shape index (κ2) is 10.4. The molecule has 1 N–H and O–H groups in total. The van der Waals surface area contributed by atoms with Crippen LogP contribution in [0.3, 0.4) is 0 Å². The van der Waals surface area contributed by atoms with E-state index in [0.717, 1.165) is 18.8 Å². The molecule has 1 aliphatic rings. The van der Waals surface area contributed by atoms with Crippen molar-refractivity contribution in [3.05, 3.63) is 70.3 Å². The van der Waals surface area contributed by atoms with Gasteiger partial charge in [0.25, 0.3) is 11.6 Å². The lowest BCUT2D eigenvalue weighted by atomic mass is 10.1. The topological polar surface area (TPSA) is 102 Å². The molecule has 8 nitrogen and oxygen atoms in total. The molecule has 1 saturated heterocycles. The van der Waals surface area contributed by atoms with E-state index in [1.165, 1.54) is 62.6 Å². The Labute approximate surface area is 180 Å². The van der Waals surface area contributed by atoms with Crippen molar-refractivity contribution >= 4 is 35.0 Å². The Kier molecular flexibility index (Phi) is 7.37. The molecule has 0 aromatic heterocycles. The maximum absolute atomic E-state index is 12.3. The summed E-state index contributed by atoms with van der Waals surface area (Å²) in [7, 11) is 0. The quantitative estimate of drug-likeness (QED) is 0.310. The summed E-state index contributed by atoms with van der Waals surface area (Å²) in [5.74, 6) is -1.11. The third kappa shape index (κ3) is 6.40. The number of carbonyl (C=O) groups is 2. The molecule has 1 fully saturated rings. The number of rotatable bonds is 7. The number of amides is 1. The first kappa shape index (κ1) is 22.0. The zero-order chi connectivity index (χ0) is 22.2. The SMILES string of the molecule is C[C@@H](OC(=O)/C=C/c1ccc([N+](=O)[O-])cc1)C(=O)Nc1ccc(N2CCCCC2)cc1. The summed E-state index contributed by atoms with van der Waals surface area (Å²) < 4.78 is 5.13. The van der Waals surface area contributed by atoms with Crippen molar-refractivity contribution in [1.82, 2.24) is 0 Å². The summed E-state index contributed by atoms with van der Waals surface area (Å²) in [4.78, 5) is 36.8. The summed E-state index contributed by atoms with van der Waals surface area (Å²) in [5.41, 5.74) is 2.34. The van der Waals surface area contributed by atoms with Crippen LogP contribution in [-0.4, -0.2) is 36.0 Å². The standard InChI is InChI=1S/C23H25N3O5/c1-17(31-22(27)14-7-18-5-10-21(11-6-18)26(29)30)23(28)24-19-8-12-20(13-9-19)25-15-3-2-4-16-25/h5-14,17H,2-4,15-16H2,1H3,(H,24,28)/b14-7+/t17-/m1/s1. The average molecular weight is 423 g/mol. The Balaban J connectivity index is 1.49. The molecule has 8 heteroatoms. The predicted octanol–water partition coefficient (Wildman–Crippen LogP) is 4.17. The molecular formula is C23H25N3O5. The van der Waals surface area contributed by atoms with Gasteiger partial charge in [-0.15, -0.1) is 0 Å². The second-order valence-electron chi connectivity index (χ2n) is 7.34. The highest BCUT2D eigenvalue weighted by atomic mass is 16.6. The van der Waals surface area contributed by atoms with Gasteiger partial charge in [-0.25, -0.2) is 4.79 Å². The zero-order valence-corrected chi connectivity index (χ0v) is 17.3. The highest BCUT2D eigenvalue weighted by Crippen LogP contribution is 2.22. The van der Waals surface area contributed by atoms with Crippen LogP contribution in [0.1, 0.15) is 31.7 Å². The minimum Gasteiger partial charge on any atom is -0.449 e. The molecule has 0 unspecified atom stereocenters. The van der Waals surface area contributed by atoms with E-state index in [0.29, 0.717) is 11.3 Å². The Morgan fingerprint density at radius 1 is 1.06 bits per heavy atom. The number of nitrogens with one attached hydrogen (secondary N) is 1. The molecule has 0 aliphatic carbocycles. The summed E-state index contributed by atoms with van der Waals surface area (Å²) in [6, 6.07) is 13.4. The van der Waals surface area contributed by atoms with E-state index in [9.17, 15) is 19.7 Å². The zero-order valence-electron chi connectivity index (χ0n) is 17.3. The van der Waals surface area contributed by atoms with E-state index in [-0.39, 0.29) is 5.69 Å². The molecular weight excluding hydrogens is 398 g/mol. The second-order valence-corrected chi connectivity index (χ2v) is 7.34. The minimum atomic E-state index is -0.976. The third-order valence-electron chi connectivity index (χ3n) is 5.03. The molecule has 0 bridgehead atoms. The van der Waals surface area contributed by atoms with Gasteiger partial charge in [0.05, 0.1) is 4.92 Å². The molecule has 162 valence electrons. The molecule has 0 spiro atoms. The largest absolute Gasteiger partial charge is 0.449 e. The molecule has 31 heavy (non-hydrogen) atoms. The molecule has 0 radical (unpaired) electrons. The number of nitrogens with zero attached hydrogens (tertiary/aromatic N) is 2. The van der Waals surface area contributed by atoms with Gasteiger partial charge in [0.2, 0.25) is 0 Å². The lowest BCUT2D eigenvalue weighted by Crippen LogP contribution is -2.30. The van der Waals surface area contributed by atoms with Gasteiger partial charge in [-0.05, 0) is 74.2 Å².